The summed E-state index contributed by atoms with van der Waals surface area (Å²) in [6.45, 7) is 7.41. The van der Waals surface area contributed by atoms with E-state index in [0.29, 0.717) is 5.92 Å². The van der Waals surface area contributed by atoms with Gasteiger partial charge >= 0.3 is 0 Å². The second kappa shape index (κ2) is 4.42. The van der Waals surface area contributed by atoms with Gasteiger partial charge in [-0.2, -0.15) is 0 Å². The van der Waals surface area contributed by atoms with Gasteiger partial charge in [0.15, 0.2) is 0 Å². The smallest absolute Gasteiger partial charge is 0.125 e. The van der Waals surface area contributed by atoms with Crippen LogP contribution in [-0.4, -0.2) is 9.55 Å². The van der Waals surface area contributed by atoms with E-state index in [9.17, 15) is 0 Å². The maximum atomic E-state index is 6.03. The fourth-order valence-corrected chi connectivity index (χ4v) is 1.53. The molecule has 0 spiro atoms. The van der Waals surface area contributed by atoms with Crippen LogP contribution in [0.15, 0.2) is 12.4 Å². The van der Waals surface area contributed by atoms with Crippen molar-refractivity contribution in [1.82, 2.24) is 9.55 Å². The second-order valence-electron chi connectivity index (χ2n) is 3.81. The number of aromatic nitrogens is 2. The lowest BCUT2D eigenvalue weighted by Crippen LogP contribution is -2.18. The molecule has 0 amide bonds. The van der Waals surface area contributed by atoms with Gasteiger partial charge in [-0.15, -0.1) is 0 Å². The lowest BCUT2D eigenvalue weighted by molar-refractivity contribution is 0.477. The molecule has 1 atom stereocenters. The average Bonchev–Trinajstić information content (AvgIpc) is 2.49. The van der Waals surface area contributed by atoms with E-state index >= 15 is 0 Å². The van der Waals surface area contributed by atoms with Crippen molar-refractivity contribution in [2.45, 2.75) is 39.8 Å². The van der Waals surface area contributed by atoms with E-state index in [4.69, 9.17) is 5.73 Å². The Morgan fingerprint density at radius 2 is 2.23 bits per heavy atom. The Bertz CT molecular complexity index is 252. The van der Waals surface area contributed by atoms with Crippen molar-refractivity contribution in [1.29, 1.82) is 0 Å². The maximum Gasteiger partial charge on any atom is 0.125 e. The summed E-state index contributed by atoms with van der Waals surface area (Å²) >= 11 is 0. The Hall–Kier alpha value is -0.830. The Balaban J connectivity index is 2.69. The molecule has 3 nitrogen and oxygen atoms in total. The van der Waals surface area contributed by atoms with Crippen LogP contribution in [0.25, 0.3) is 0 Å². The van der Waals surface area contributed by atoms with Crippen molar-refractivity contribution in [2.24, 2.45) is 11.7 Å². The van der Waals surface area contributed by atoms with E-state index in [1.165, 1.54) is 0 Å². The average molecular weight is 181 g/mol. The summed E-state index contributed by atoms with van der Waals surface area (Å²) in [5.74, 6) is 1.63. The summed E-state index contributed by atoms with van der Waals surface area (Å²) in [7, 11) is 0. The van der Waals surface area contributed by atoms with Crippen LogP contribution in [0, 0.1) is 5.92 Å². The predicted molar refractivity (Wildman–Crippen MR) is 54.3 cm³/mol. The van der Waals surface area contributed by atoms with E-state index in [2.05, 4.69) is 30.3 Å². The zero-order chi connectivity index (χ0) is 9.84. The van der Waals surface area contributed by atoms with Crippen LogP contribution in [0.4, 0.5) is 0 Å². The van der Waals surface area contributed by atoms with Crippen molar-refractivity contribution in [3.8, 4) is 0 Å². The molecule has 13 heavy (non-hydrogen) atoms. The van der Waals surface area contributed by atoms with Gasteiger partial charge < -0.3 is 10.3 Å². The van der Waals surface area contributed by atoms with Crippen LogP contribution in [0.3, 0.4) is 0 Å². The van der Waals surface area contributed by atoms with Crippen molar-refractivity contribution in [3.05, 3.63) is 18.2 Å². The van der Waals surface area contributed by atoms with Gasteiger partial charge in [-0.05, 0) is 19.3 Å². The molecule has 0 aromatic carbocycles. The number of nitrogens with zero attached hydrogens (tertiary/aromatic N) is 2. The molecule has 0 aliphatic rings. The van der Waals surface area contributed by atoms with E-state index in [-0.39, 0.29) is 6.04 Å². The quantitative estimate of drug-likeness (QED) is 0.771. The highest BCUT2D eigenvalue weighted by molar-refractivity contribution is 4.98. The molecule has 1 unspecified atom stereocenters. The lowest BCUT2D eigenvalue weighted by Gasteiger charge is -2.14. The van der Waals surface area contributed by atoms with Crippen molar-refractivity contribution < 1.29 is 0 Å². The first-order valence-electron chi connectivity index (χ1n) is 4.91. The molecule has 74 valence electrons. The normalized spacial score (nSPS) is 13.6. The van der Waals surface area contributed by atoms with Crippen LogP contribution >= 0.6 is 0 Å². The van der Waals surface area contributed by atoms with Crippen molar-refractivity contribution in [2.75, 3.05) is 0 Å². The molecule has 1 heterocycles. The molecular weight excluding hydrogens is 162 g/mol. The zero-order valence-electron chi connectivity index (χ0n) is 8.70. The third-order valence-corrected chi connectivity index (χ3v) is 2.15. The standard InChI is InChI=1S/C10H19N3/c1-4-13-6-5-12-10(13)9(11)7-8(2)3/h5-6,8-9H,4,7,11H2,1-3H3. The third kappa shape index (κ3) is 2.56. The molecule has 0 aliphatic heterocycles. The highest BCUT2D eigenvalue weighted by atomic mass is 15.1. The van der Waals surface area contributed by atoms with Gasteiger partial charge in [0, 0.05) is 18.9 Å². The minimum atomic E-state index is 0.0787. The number of aryl methyl sites for hydroxylation is 1. The van der Waals surface area contributed by atoms with E-state index in [1.54, 1.807) is 0 Å². The van der Waals surface area contributed by atoms with Gasteiger partial charge in [-0.25, -0.2) is 4.98 Å². The number of hydrogen-bond donors (Lipinski definition) is 1. The molecule has 3 heteroatoms. The van der Waals surface area contributed by atoms with Gasteiger partial charge in [-0.1, -0.05) is 13.8 Å². The molecule has 0 saturated heterocycles. The summed E-state index contributed by atoms with van der Waals surface area (Å²) in [4.78, 5) is 4.28. The molecule has 0 radical (unpaired) electrons. The highest BCUT2D eigenvalue weighted by Crippen LogP contribution is 2.16. The molecule has 1 aromatic rings. The molecule has 0 aliphatic carbocycles. The Morgan fingerprint density at radius 1 is 1.54 bits per heavy atom. The molecule has 2 N–H and O–H groups in total. The van der Waals surface area contributed by atoms with Crippen molar-refractivity contribution >= 4 is 0 Å². The second-order valence-corrected chi connectivity index (χ2v) is 3.81. The van der Waals surface area contributed by atoms with Gasteiger partial charge in [0.1, 0.15) is 5.82 Å². The first-order valence-corrected chi connectivity index (χ1v) is 4.91. The zero-order valence-corrected chi connectivity index (χ0v) is 8.70. The van der Waals surface area contributed by atoms with Crippen LogP contribution in [0.1, 0.15) is 39.1 Å². The topological polar surface area (TPSA) is 43.8 Å². The Morgan fingerprint density at radius 3 is 2.77 bits per heavy atom. The monoisotopic (exact) mass is 181 g/mol. The minimum Gasteiger partial charge on any atom is -0.334 e. The van der Waals surface area contributed by atoms with Crippen LogP contribution < -0.4 is 5.73 Å². The molecule has 0 bridgehead atoms. The molecule has 1 rings (SSSR count). The highest BCUT2D eigenvalue weighted by Gasteiger charge is 2.12. The number of nitrogens with two attached hydrogens (primary N) is 1. The van der Waals surface area contributed by atoms with Gasteiger partial charge in [0.2, 0.25) is 0 Å². The summed E-state index contributed by atoms with van der Waals surface area (Å²) in [6.07, 6.45) is 4.80. The van der Waals surface area contributed by atoms with Gasteiger partial charge in [0.05, 0.1) is 6.04 Å². The van der Waals surface area contributed by atoms with E-state index in [1.807, 2.05) is 12.4 Å². The summed E-state index contributed by atoms with van der Waals surface area (Å²) in [6, 6.07) is 0.0787. The summed E-state index contributed by atoms with van der Waals surface area (Å²) < 4.78 is 2.10. The molecular formula is C10H19N3. The fraction of sp³-hybridized carbons (Fsp3) is 0.700. The van der Waals surface area contributed by atoms with Crippen LogP contribution in [0.2, 0.25) is 0 Å². The van der Waals surface area contributed by atoms with Crippen LogP contribution in [0.5, 0.6) is 0 Å². The number of hydrogen-bond acceptors (Lipinski definition) is 2. The lowest BCUT2D eigenvalue weighted by atomic mass is 10.0. The SMILES string of the molecule is CCn1ccnc1C(N)CC(C)C. The van der Waals surface area contributed by atoms with E-state index in [0.717, 1.165) is 18.8 Å². The number of rotatable bonds is 4. The first kappa shape index (κ1) is 10.3. The van der Waals surface area contributed by atoms with Gasteiger partial charge in [-0.3, -0.25) is 0 Å². The van der Waals surface area contributed by atoms with Crippen molar-refractivity contribution in [3.63, 3.8) is 0 Å². The third-order valence-electron chi connectivity index (χ3n) is 2.15. The Labute approximate surface area is 80.0 Å². The Kier molecular flexibility index (Phi) is 3.48. The van der Waals surface area contributed by atoms with Gasteiger partial charge in [0.25, 0.3) is 0 Å². The van der Waals surface area contributed by atoms with E-state index < -0.39 is 0 Å². The minimum absolute atomic E-state index is 0.0787. The largest absolute Gasteiger partial charge is 0.334 e. The first-order chi connectivity index (χ1) is 6.15. The molecule has 0 fully saturated rings. The molecule has 1 aromatic heterocycles. The number of imidazole rings is 1. The predicted octanol–water partition coefficient (Wildman–Crippen LogP) is 1.95. The fourth-order valence-electron chi connectivity index (χ4n) is 1.53. The molecule has 0 saturated carbocycles. The summed E-state index contributed by atoms with van der Waals surface area (Å²) in [5, 5.41) is 0. The van der Waals surface area contributed by atoms with Crippen LogP contribution in [-0.2, 0) is 6.54 Å². The summed E-state index contributed by atoms with van der Waals surface area (Å²) in [5.41, 5.74) is 6.03. The maximum absolute atomic E-state index is 6.03.